The number of aromatic amines is 1. The summed E-state index contributed by atoms with van der Waals surface area (Å²) in [5, 5.41) is 0. The van der Waals surface area contributed by atoms with Gasteiger partial charge >= 0.3 is 5.97 Å². The average molecular weight is 279 g/mol. The van der Waals surface area contributed by atoms with Crippen LogP contribution < -0.4 is 0 Å². The SMILES string of the molecule is C=CCN(CCCCC)C(Cc1c[nH]cn1)C(=O)OC. The van der Waals surface area contributed by atoms with Gasteiger partial charge in [0, 0.05) is 19.2 Å². The van der Waals surface area contributed by atoms with Crippen molar-refractivity contribution in [2.24, 2.45) is 0 Å². The normalized spacial score (nSPS) is 12.3. The van der Waals surface area contributed by atoms with E-state index >= 15 is 0 Å². The first kappa shape index (κ1) is 16.4. The molecule has 20 heavy (non-hydrogen) atoms. The lowest BCUT2D eigenvalue weighted by Crippen LogP contribution is -2.44. The predicted octanol–water partition coefficient (Wildman–Crippen LogP) is 2.17. The van der Waals surface area contributed by atoms with Gasteiger partial charge in [-0.1, -0.05) is 25.8 Å². The van der Waals surface area contributed by atoms with Gasteiger partial charge in [0.1, 0.15) is 6.04 Å². The molecule has 0 fully saturated rings. The molecule has 0 aliphatic rings. The van der Waals surface area contributed by atoms with Crippen LogP contribution in [0.2, 0.25) is 0 Å². The Kier molecular flexibility index (Phi) is 7.65. The van der Waals surface area contributed by atoms with Gasteiger partial charge in [-0.05, 0) is 13.0 Å². The fourth-order valence-corrected chi connectivity index (χ4v) is 2.20. The van der Waals surface area contributed by atoms with E-state index < -0.39 is 0 Å². The summed E-state index contributed by atoms with van der Waals surface area (Å²) in [5.41, 5.74) is 0.866. The molecule has 0 amide bonds. The van der Waals surface area contributed by atoms with Crippen molar-refractivity contribution in [1.29, 1.82) is 0 Å². The van der Waals surface area contributed by atoms with E-state index in [1.807, 2.05) is 12.3 Å². The summed E-state index contributed by atoms with van der Waals surface area (Å²) in [6.45, 7) is 7.48. The Morgan fingerprint density at radius 3 is 2.95 bits per heavy atom. The van der Waals surface area contributed by atoms with Gasteiger partial charge in [0.25, 0.3) is 0 Å². The minimum atomic E-state index is -0.307. The molecular weight excluding hydrogens is 254 g/mol. The van der Waals surface area contributed by atoms with Gasteiger partial charge in [-0.2, -0.15) is 0 Å². The lowest BCUT2D eigenvalue weighted by molar-refractivity contribution is -0.146. The lowest BCUT2D eigenvalue weighted by Gasteiger charge is -2.28. The van der Waals surface area contributed by atoms with Crippen molar-refractivity contribution in [1.82, 2.24) is 14.9 Å². The Labute approximate surface area is 121 Å². The molecular formula is C15H25N3O2. The second kappa shape index (κ2) is 9.31. The maximum Gasteiger partial charge on any atom is 0.323 e. The number of aromatic nitrogens is 2. The minimum Gasteiger partial charge on any atom is -0.468 e. The van der Waals surface area contributed by atoms with Crippen LogP contribution in [-0.4, -0.2) is 47.1 Å². The Hall–Kier alpha value is -1.62. The molecule has 0 saturated carbocycles. The van der Waals surface area contributed by atoms with Gasteiger partial charge < -0.3 is 9.72 Å². The molecule has 1 heterocycles. The number of nitrogens with zero attached hydrogens (tertiary/aromatic N) is 2. The number of rotatable bonds is 10. The number of carbonyl (C=O) groups excluding carboxylic acids is 1. The molecule has 0 saturated heterocycles. The highest BCUT2D eigenvalue weighted by Gasteiger charge is 2.26. The summed E-state index contributed by atoms with van der Waals surface area (Å²) in [6.07, 6.45) is 9.20. The van der Waals surface area contributed by atoms with E-state index in [4.69, 9.17) is 4.74 Å². The van der Waals surface area contributed by atoms with Crippen LogP contribution in [-0.2, 0) is 16.0 Å². The molecule has 1 unspecified atom stereocenters. The number of carbonyl (C=O) groups is 1. The van der Waals surface area contributed by atoms with E-state index in [2.05, 4.69) is 28.4 Å². The zero-order valence-corrected chi connectivity index (χ0v) is 12.5. The van der Waals surface area contributed by atoms with Gasteiger partial charge in [-0.15, -0.1) is 6.58 Å². The summed E-state index contributed by atoms with van der Waals surface area (Å²) < 4.78 is 4.94. The standard InChI is InChI=1S/C15H25N3O2/c1-4-6-7-9-18(8-5-2)14(15(19)20-3)10-13-11-16-12-17-13/h5,11-12,14H,2,4,6-10H2,1,3H3,(H,16,17). The van der Waals surface area contributed by atoms with Crippen LogP contribution in [0.15, 0.2) is 25.2 Å². The smallest absolute Gasteiger partial charge is 0.323 e. The number of hydrogen-bond donors (Lipinski definition) is 1. The molecule has 5 nitrogen and oxygen atoms in total. The molecule has 1 atom stereocenters. The Balaban J connectivity index is 2.74. The second-order valence-corrected chi connectivity index (χ2v) is 4.79. The third kappa shape index (κ3) is 5.17. The quantitative estimate of drug-likeness (QED) is 0.405. The molecule has 1 aromatic rings. The Morgan fingerprint density at radius 1 is 1.60 bits per heavy atom. The summed E-state index contributed by atoms with van der Waals surface area (Å²) in [7, 11) is 1.43. The van der Waals surface area contributed by atoms with Crippen molar-refractivity contribution in [3.8, 4) is 0 Å². The Bertz CT molecular complexity index is 390. The maximum atomic E-state index is 12.1. The van der Waals surface area contributed by atoms with E-state index in [-0.39, 0.29) is 12.0 Å². The molecule has 0 bridgehead atoms. The molecule has 1 aromatic heterocycles. The predicted molar refractivity (Wildman–Crippen MR) is 79.4 cm³/mol. The van der Waals surface area contributed by atoms with Gasteiger partial charge in [-0.3, -0.25) is 9.69 Å². The number of esters is 1. The molecule has 0 aromatic carbocycles. The molecule has 0 aliphatic carbocycles. The first-order chi connectivity index (χ1) is 9.72. The zero-order chi connectivity index (χ0) is 14.8. The zero-order valence-electron chi connectivity index (χ0n) is 12.5. The highest BCUT2D eigenvalue weighted by atomic mass is 16.5. The number of H-pyrrole nitrogens is 1. The van der Waals surface area contributed by atoms with E-state index in [0.717, 1.165) is 31.5 Å². The minimum absolute atomic E-state index is 0.216. The van der Waals surface area contributed by atoms with Crippen molar-refractivity contribution in [3.05, 3.63) is 30.9 Å². The van der Waals surface area contributed by atoms with Crippen LogP contribution in [0.4, 0.5) is 0 Å². The van der Waals surface area contributed by atoms with E-state index in [9.17, 15) is 4.79 Å². The molecule has 0 radical (unpaired) electrons. The summed E-state index contributed by atoms with van der Waals surface area (Å²) in [4.78, 5) is 21.3. The first-order valence-electron chi connectivity index (χ1n) is 7.13. The average Bonchev–Trinajstić information content (AvgIpc) is 2.96. The summed E-state index contributed by atoms with van der Waals surface area (Å²) in [5.74, 6) is -0.216. The highest BCUT2D eigenvalue weighted by molar-refractivity contribution is 5.76. The van der Waals surface area contributed by atoms with Crippen molar-refractivity contribution in [2.45, 2.75) is 38.6 Å². The number of methoxy groups -OCH3 is 1. The van der Waals surface area contributed by atoms with Crippen LogP contribution in [0.5, 0.6) is 0 Å². The van der Waals surface area contributed by atoms with Gasteiger partial charge in [0.15, 0.2) is 0 Å². The molecule has 1 N–H and O–H groups in total. The fraction of sp³-hybridized carbons (Fsp3) is 0.600. The Morgan fingerprint density at radius 2 is 2.40 bits per heavy atom. The number of nitrogens with one attached hydrogen (secondary N) is 1. The molecule has 1 rings (SSSR count). The van der Waals surface area contributed by atoms with Crippen molar-refractivity contribution < 1.29 is 9.53 Å². The topological polar surface area (TPSA) is 58.2 Å². The lowest BCUT2D eigenvalue weighted by atomic mass is 10.1. The molecule has 0 spiro atoms. The van der Waals surface area contributed by atoms with Crippen molar-refractivity contribution in [3.63, 3.8) is 0 Å². The van der Waals surface area contributed by atoms with E-state index in [1.54, 1.807) is 6.33 Å². The largest absolute Gasteiger partial charge is 0.468 e. The van der Waals surface area contributed by atoms with Crippen LogP contribution in [0.3, 0.4) is 0 Å². The summed E-state index contributed by atoms with van der Waals surface area (Å²) >= 11 is 0. The first-order valence-corrected chi connectivity index (χ1v) is 7.13. The number of ether oxygens (including phenoxy) is 1. The van der Waals surface area contributed by atoms with Gasteiger partial charge in [-0.25, -0.2) is 4.98 Å². The van der Waals surface area contributed by atoms with Crippen LogP contribution in [0.25, 0.3) is 0 Å². The molecule has 112 valence electrons. The number of hydrogen-bond acceptors (Lipinski definition) is 4. The van der Waals surface area contributed by atoms with Gasteiger partial charge in [0.2, 0.25) is 0 Å². The molecule has 5 heteroatoms. The fourth-order valence-electron chi connectivity index (χ4n) is 2.20. The number of imidazole rings is 1. The van der Waals surface area contributed by atoms with E-state index in [1.165, 1.54) is 7.11 Å². The monoisotopic (exact) mass is 279 g/mol. The number of unbranched alkanes of at least 4 members (excludes halogenated alkanes) is 2. The van der Waals surface area contributed by atoms with Gasteiger partial charge in [0.05, 0.1) is 19.1 Å². The third-order valence-electron chi connectivity index (χ3n) is 3.28. The van der Waals surface area contributed by atoms with E-state index in [0.29, 0.717) is 13.0 Å². The van der Waals surface area contributed by atoms with Crippen LogP contribution in [0, 0.1) is 0 Å². The highest BCUT2D eigenvalue weighted by Crippen LogP contribution is 2.11. The van der Waals surface area contributed by atoms with Crippen LogP contribution in [0.1, 0.15) is 31.9 Å². The second-order valence-electron chi connectivity index (χ2n) is 4.79. The maximum absolute atomic E-state index is 12.1. The van der Waals surface area contributed by atoms with Crippen LogP contribution >= 0.6 is 0 Å². The third-order valence-corrected chi connectivity index (χ3v) is 3.28. The molecule has 0 aliphatic heterocycles. The summed E-state index contributed by atoms with van der Waals surface area (Å²) in [6, 6.07) is -0.307. The van der Waals surface area contributed by atoms with Crippen molar-refractivity contribution in [2.75, 3.05) is 20.2 Å². The van der Waals surface area contributed by atoms with Crippen molar-refractivity contribution >= 4 is 5.97 Å².